The fourth-order valence-electron chi connectivity index (χ4n) is 2.71. The Labute approximate surface area is 92.1 Å². The first-order valence-electron chi connectivity index (χ1n) is 5.90. The van der Waals surface area contributed by atoms with Gasteiger partial charge in [0.05, 0.1) is 6.04 Å². The normalized spacial score (nSPS) is 30.7. The molecule has 4 nitrogen and oxygen atoms in total. The van der Waals surface area contributed by atoms with E-state index in [9.17, 15) is 0 Å². The average Bonchev–Trinajstić information content (AvgIpc) is 2.61. The minimum absolute atomic E-state index is 0.0949. The molecule has 0 aliphatic carbocycles. The Kier molecular flexibility index (Phi) is 4.39. The molecule has 88 valence electrons. The van der Waals surface area contributed by atoms with Crippen LogP contribution in [0.1, 0.15) is 46.5 Å². The summed E-state index contributed by atoms with van der Waals surface area (Å²) in [6.07, 6.45) is 4.48. The van der Waals surface area contributed by atoms with Gasteiger partial charge in [-0.1, -0.05) is 19.0 Å². The van der Waals surface area contributed by atoms with Crippen molar-refractivity contribution in [1.29, 1.82) is 0 Å². The summed E-state index contributed by atoms with van der Waals surface area (Å²) in [4.78, 5) is 2.41. The first-order valence-corrected chi connectivity index (χ1v) is 5.90. The van der Waals surface area contributed by atoms with E-state index in [1.807, 2.05) is 0 Å². The lowest BCUT2D eigenvalue weighted by Crippen LogP contribution is -2.49. The van der Waals surface area contributed by atoms with Gasteiger partial charge in [0.1, 0.15) is 0 Å². The third-order valence-corrected chi connectivity index (χ3v) is 3.52. The van der Waals surface area contributed by atoms with Crippen LogP contribution >= 0.6 is 0 Å². The molecular formula is C11H23N3O. The van der Waals surface area contributed by atoms with Crippen LogP contribution in [0.25, 0.3) is 0 Å². The summed E-state index contributed by atoms with van der Waals surface area (Å²) >= 11 is 0. The van der Waals surface area contributed by atoms with E-state index >= 15 is 0 Å². The van der Waals surface area contributed by atoms with Gasteiger partial charge in [0.2, 0.25) is 0 Å². The molecule has 0 amide bonds. The number of nitrogens with two attached hydrogens (primary N) is 1. The second-order valence-corrected chi connectivity index (χ2v) is 4.38. The molecule has 1 aliphatic rings. The van der Waals surface area contributed by atoms with Gasteiger partial charge in [-0.25, -0.2) is 0 Å². The Hall–Kier alpha value is -0.770. The zero-order chi connectivity index (χ0) is 11.4. The van der Waals surface area contributed by atoms with Crippen LogP contribution in [0.4, 0.5) is 0 Å². The second kappa shape index (κ2) is 5.35. The van der Waals surface area contributed by atoms with E-state index in [1.165, 1.54) is 12.8 Å². The molecule has 0 bridgehead atoms. The van der Waals surface area contributed by atoms with Gasteiger partial charge in [-0.2, -0.15) is 0 Å². The molecule has 0 saturated carbocycles. The fourth-order valence-corrected chi connectivity index (χ4v) is 2.71. The largest absolute Gasteiger partial charge is 0.409 e. The topological polar surface area (TPSA) is 61.8 Å². The summed E-state index contributed by atoms with van der Waals surface area (Å²) < 4.78 is 0. The molecule has 1 aliphatic heterocycles. The van der Waals surface area contributed by atoms with Gasteiger partial charge in [-0.05, 0) is 32.6 Å². The highest BCUT2D eigenvalue weighted by Gasteiger charge is 2.35. The molecule has 0 spiro atoms. The van der Waals surface area contributed by atoms with Crippen molar-refractivity contribution in [1.82, 2.24) is 4.90 Å². The van der Waals surface area contributed by atoms with E-state index in [2.05, 4.69) is 30.8 Å². The van der Waals surface area contributed by atoms with Crippen molar-refractivity contribution in [2.45, 2.75) is 64.6 Å². The predicted molar refractivity (Wildman–Crippen MR) is 62.1 cm³/mol. The van der Waals surface area contributed by atoms with Crippen LogP contribution in [0.5, 0.6) is 0 Å². The van der Waals surface area contributed by atoms with E-state index in [4.69, 9.17) is 10.9 Å². The van der Waals surface area contributed by atoms with Crippen molar-refractivity contribution >= 4 is 5.84 Å². The number of rotatable bonds is 4. The third kappa shape index (κ3) is 2.43. The smallest absolute Gasteiger partial charge is 0.156 e. The predicted octanol–water partition coefficient (Wildman–Crippen LogP) is 1.77. The Morgan fingerprint density at radius 1 is 1.53 bits per heavy atom. The standard InChI is InChI=1S/C11H23N3O/c1-4-9-7-6-8(3)14(9)10(5-2)11(12)13-15/h8-10,15H,4-7H2,1-3H3,(H2,12,13). The molecule has 1 heterocycles. The number of likely N-dealkylation sites (tertiary alicyclic amines) is 1. The fraction of sp³-hybridized carbons (Fsp3) is 0.909. The summed E-state index contributed by atoms with van der Waals surface area (Å²) in [7, 11) is 0. The van der Waals surface area contributed by atoms with Crippen molar-refractivity contribution in [3.05, 3.63) is 0 Å². The lowest BCUT2D eigenvalue weighted by molar-refractivity contribution is 0.163. The maximum atomic E-state index is 8.78. The van der Waals surface area contributed by atoms with Crippen LogP contribution in [-0.2, 0) is 0 Å². The maximum Gasteiger partial charge on any atom is 0.156 e. The van der Waals surface area contributed by atoms with Crippen LogP contribution in [0.15, 0.2) is 5.16 Å². The van der Waals surface area contributed by atoms with Gasteiger partial charge in [-0.3, -0.25) is 4.90 Å². The molecule has 1 saturated heterocycles. The lowest BCUT2D eigenvalue weighted by atomic mass is 10.1. The number of nitrogens with zero attached hydrogens (tertiary/aromatic N) is 2. The van der Waals surface area contributed by atoms with Crippen LogP contribution in [-0.4, -0.2) is 34.1 Å². The molecular weight excluding hydrogens is 190 g/mol. The quantitative estimate of drug-likeness (QED) is 0.324. The zero-order valence-electron chi connectivity index (χ0n) is 9.98. The van der Waals surface area contributed by atoms with Crippen molar-refractivity contribution in [3.63, 3.8) is 0 Å². The van der Waals surface area contributed by atoms with E-state index in [-0.39, 0.29) is 6.04 Å². The number of hydrogen-bond acceptors (Lipinski definition) is 3. The van der Waals surface area contributed by atoms with Crippen LogP contribution in [0.3, 0.4) is 0 Å². The highest BCUT2D eigenvalue weighted by atomic mass is 16.4. The third-order valence-electron chi connectivity index (χ3n) is 3.52. The van der Waals surface area contributed by atoms with Gasteiger partial charge in [0, 0.05) is 12.1 Å². The summed E-state index contributed by atoms with van der Waals surface area (Å²) in [5.41, 5.74) is 5.75. The SMILES string of the molecule is CCC1CCC(C)N1C(CC)C(N)=NO. The Bertz CT molecular complexity index is 230. The summed E-state index contributed by atoms with van der Waals surface area (Å²) in [6, 6.07) is 1.22. The Balaban J connectivity index is 2.81. The molecule has 1 fully saturated rings. The van der Waals surface area contributed by atoms with Gasteiger partial charge < -0.3 is 10.9 Å². The molecule has 3 atom stereocenters. The first kappa shape index (κ1) is 12.3. The average molecular weight is 213 g/mol. The van der Waals surface area contributed by atoms with Crippen LogP contribution < -0.4 is 5.73 Å². The van der Waals surface area contributed by atoms with Gasteiger partial charge >= 0.3 is 0 Å². The van der Waals surface area contributed by atoms with E-state index < -0.39 is 0 Å². The highest BCUT2D eigenvalue weighted by molar-refractivity contribution is 5.85. The molecule has 0 aromatic rings. The molecule has 3 N–H and O–H groups in total. The monoisotopic (exact) mass is 213 g/mol. The van der Waals surface area contributed by atoms with Crippen molar-refractivity contribution in [2.24, 2.45) is 10.9 Å². The molecule has 1 rings (SSSR count). The minimum Gasteiger partial charge on any atom is -0.409 e. The second-order valence-electron chi connectivity index (χ2n) is 4.38. The van der Waals surface area contributed by atoms with Crippen LogP contribution in [0.2, 0.25) is 0 Å². The molecule has 3 unspecified atom stereocenters. The van der Waals surface area contributed by atoms with E-state index in [1.54, 1.807) is 0 Å². The van der Waals surface area contributed by atoms with Crippen molar-refractivity contribution < 1.29 is 5.21 Å². The first-order chi connectivity index (χ1) is 7.15. The van der Waals surface area contributed by atoms with E-state index in [0.717, 1.165) is 12.8 Å². The van der Waals surface area contributed by atoms with Crippen molar-refractivity contribution in [2.75, 3.05) is 0 Å². The number of hydrogen-bond donors (Lipinski definition) is 2. The van der Waals surface area contributed by atoms with Crippen LogP contribution in [0, 0.1) is 0 Å². The summed E-state index contributed by atoms with van der Waals surface area (Å²) in [6.45, 7) is 6.51. The molecule has 0 aromatic carbocycles. The summed E-state index contributed by atoms with van der Waals surface area (Å²) in [5, 5.41) is 11.9. The van der Waals surface area contributed by atoms with E-state index in [0.29, 0.717) is 17.9 Å². The molecule has 4 heteroatoms. The molecule has 15 heavy (non-hydrogen) atoms. The Morgan fingerprint density at radius 3 is 2.67 bits per heavy atom. The minimum atomic E-state index is 0.0949. The number of oxime groups is 1. The Morgan fingerprint density at radius 2 is 2.20 bits per heavy atom. The van der Waals surface area contributed by atoms with Crippen molar-refractivity contribution in [3.8, 4) is 0 Å². The van der Waals surface area contributed by atoms with Gasteiger partial charge in [0.25, 0.3) is 0 Å². The lowest BCUT2D eigenvalue weighted by Gasteiger charge is -2.34. The van der Waals surface area contributed by atoms with Gasteiger partial charge in [-0.15, -0.1) is 0 Å². The molecule has 0 aromatic heterocycles. The maximum absolute atomic E-state index is 8.78. The summed E-state index contributed by atoms with van der Waals surface area (Å²) in [5.74, 6) is 0.352. The zero-order valence-corrected chi connectivity index (χ0v) is 9.98. The highest BCUT2D eigenvalue weighted by Crippen LogP contribution is 2.29. The number of amidine groups is 1. The molecule has 0 radical (unpaired) electrons. The van der Waals surface area contributed by atoms with Gasteiger partial charge in [0.15, 0.2) is 5.84 Å².